The number of aromatic nitrogens is 2. The summed E-state index contributed by atoms with van der Waals surface area (Å²) >= 11 is 5.89. The van der Waals surface area contributed by atoms with Crippen LogP contribution in [0.3, 0.4) is 0 Å². The third-order valence-corrected chi connectivity index (χ3v) is 5.17. The van der Waals surface area contributed by atoms with Gasteiger partial charge in [0.2, 0.25) is 5.91 Å². The van der Waals surface area contributed by atoms with Gasteiger partial charge in [0, 0.05) is 36.5 Å². The molecule has 1 saturated heterocycles. The maximum absolute atomic E-state index is 12.4. The lowest BCUT2D eigenvalue weighted by molar-refractivity contribution is -0.132. The van der Waals surface area contributed by atoms with Gasteiger partial charge in [-0.1, -0.05) is 23.7 Å². The highest BCUT2D eigenvalue weighted by Crippen LogP contribution is 2.26. The summed E-state index contributed by atoms with van der Waals surface area (Å²) in [7, 11) is 0. The molecule has 0 unspecified atom stereocenters. The van der Waals surface area contributed by atoms with Gasteiger partial charge >= 0.3 is 0 Å². The van der Waals surface area contributed by atoms with Gasteiger partial charge in [0.05, 0.1) is 5.69 Å². The SMILES string of the molecule is Cc1nc(C2CCN(C(=O)CCCc3ccc(Cl)cc3)CC2)cc(=O)[nH]1. The van der Waals surface area contributed by atoms with Gasteiger partial charge in [-0.15, -0.1) is 0 Å². The zero-order chi connectivity index (χ0) is 18.5. The fraction of sp³-hybridized carbons (Fsp3) is 0.450. The Morgan fingerprint density at radius 1 is 1.27 bits per heavy atom. The molecule has 1 aromatic carbocycles. The number of likely N-dealkylation sites (tertiary alicyclic amines) is 1. The Bertz CT molecular complexity index is 809. The monoisotopic (exact) mass is 373 g/mol. The van der Waals surface area contributed by atoms with Crippen LogP contribution in [0.2, 0.25) is 5.02 Å². The summed E-state index contributed by atoms with van der Waals surface area (Å²) in [5.74, 6) is 1.12. The summed E-state index contributed by atoms with van der Waals surface area (Å²) in [5.41, 5.74) is 1.95. The summed E-state index contributed by atoms with van der Waals surface area (Å²) in [6.45, 7) is 3.26. The first-order valence-electron chi connectivity index (χ1n) is 9.11. The van der Waals surface area contributed by atoms with Crippen molar-refractivity contribution >= 4 is 17.5 Å². The van der Waals surface area contributed by atoms with Crippen molar-refractivity contribution in [1.29, 1.82) is 0 Å². The van der Waals surface area contributed by atoms with Gasteiger partial charge < -0.3 is 9.88 Å². The van der Waals surface area contributed by atoms with Gasteiger partial charge in [0.1, 0.15) is 5.82 Å². The van der Waals surface area contributed by atoms with Crippen molar-refractivity contribution in [3.8, 4) is 0 Å². The normalized spacial score (nSPS) is 15.2. The van der Waals surface area contributed by atoms with E-state index in [1.54, 1.807) is 13.0 Å². The van der Waals surface area contributed by atoms with Crippen molar-refractivity contribution in [2.75, 3.05) is 13.1 Å². The number of aromatic amines is 1. The third kappa shape index (κ3) is 4.94. The van der Waals surface area contributed by atoms with Crippen molar-refractivity contribution in [3.05, 3.63) is 62.8 Å². The highest BCUT2D eigenvalue weighted by atomic mass is 35.5. The molecule has 26 heavy (non-hydrogen) atoms. The number of carbonyl (C=O) groups is 1. The van der Waals surface area contributed by atoms with Crippen LogP contribution in [0.15, 0.2) is 35.1 Å². The molecule has 138 valence electrons. The summed E-state index contributed by atoms with van der Waals surface area (Å²) in [4.78, 5) is 33.1. The lowest BCUT2D eigenvalue weighted by Gasteiger charge is -2.31. The van der Waals surface area contributed by atoms with E-state index in [9.17, 15) is 9.59 Å². The quantitative estimate of drug-likeness (QED) is 0.872. The van der Waals surface area contributed by atoms with E-state index in [0.717, 1.165) is 49.5 Å². The lowest BCUT2D eigenvalue weighted by Crippen LogP contribution is -2.38. The molecule has 6 heteroatoms. The van der Waals surface area contributed by atoms with Gasteiger partial charge in [-0.3, -0.25) is 9.59 Å². The van der Waals surface area contributed by atoms with Crippen LogP contribution in [0.25, 0.3) is 0 Å². The Labute approximate surface area is 158 Å². The van der Waals surface area contributed by atoms with E-state index >= 15 is 0 Å². The zero-order valence-corrected chi connectivity index (χ0v) is 15.8. The molecule has 3 rings (SSSR count). The number of carbonyl (C=O) groups excluding carboxylic acids is 1. The number of hydrogen-bond acceptors (Lipinski definition) is 3. The minimum Gasteiger partial charge on any atom is -0.343 e. The smallest absolute Gasteiger partial charge is 0.251 e. The molecule has 2 heterocycles. The molecule has 1 N–H and O–H groups in total. The van der Waals surface area contributed by atoms with Crippen LogP contribution in [0.5, 0.6) is 0 Å². The molecule has 2 aromatic rings. The van der Waals surface area contributed by atoms with Crippen LogP contribution < -0.4 is 5.56 Å². The molecular formula is C20H24ClN3O2. The van der Waals surface area contributed by atoms with Gasteiger partial charge in [-0.05, 0) is 50.3 Å². The maximum atomic E-state index is 12.4. The van der Waals surface area contributed by atoms with E-state index in [4.69, 9.17) is 11.6 Å². The third-order valence-electron chi connectivity index (χ3n) is 4.92. The van der Waals surface area contributed by atoms with Crippen LogP contribution in [-0.4, -0.2) is 33.9 Å². The standard InChI is InChI=1S/C20H24ClN3O2/c1-14-22-18(13-19(25)23-14)16-9-11-24(12-10-16)20(26)4-2-3-15-5-7-17(21)8-6-15/h5-8,13,16H,2-4,9-12H2,1H3,(H,22,23,25). The average molecular weight is 374 g/mol. The Balaban J connectivity index is 1.46. The molecule has 5 nitrogen and oxygen atoms in total. The highest BCUT2D eigenvalue weighted by molar-refractivity contribution is 6.30. The molecule has 1 fully saturated rings. The number of piperidine rings is 1. The van der Waals surface area contributed by atoms with Gasteiger partial charge in [0.25, 0.3) is 5.56 Å². The summed E-state index contributed by atoms with van der Waals surface area (Å²) in [6.07, 6.45) is 4.01. The van der Waals surface area contributed by atoms with Crippen molar-refractivity contribution in [1.82, 2.24) is 14.9 Å². The van der Waals surface area contributed by atoms with E-state index < -0.39 is 0 Å². The average Bonchev–Trinajstić information content (AvgIpc) is 2.62. The second-order valence-electron chi connectivity index (χ2n) is 6.89. The second-order valence-corrected chi connectivity index (χ2v) is 7.33. The Morgan fingerprint density at radius 3 is 2.62 bits per heavy atom. The molecule has 0 bridgehead atoms. The largest absolute Gasteiger partial charge is 0.343 e. The highest BCUT2D eigenvalue weighted by Gasteiger charge is 2.24. The molecule has 0 aliphatic carbocycles. The van der Waals surface area contributed by atoms with E-state index in [1.807, 2.05) is 29.2 Å². The van der Waals surface area contributed by atoms with Crippen LogP contribution in [0.1, 0.15) is 48.7 Å². The van der Waals surface area contributed by atoms with Gasteiger partial charge in [-0.2, -0.15) is 0 Å². The van der Waals surface area contributed by atoms with E-state index in [-0.39, 0.29) is 17.4 Å². The van der Waals surface area contributed by atoms with Crippen LogP contribution >= 0.6 is 11.6 Å². The fourth-order valence-electron chi connectivity index (χ4n) is 3.49. The summed E-state index contributed by atoms with van der Waals surface area (Å²) < 4.78 is 0. The number of halogens is 1. The zero-order valence-electron chi connectivity index (χ0n) is 15.0. The van der Waals surface area contributed by atoms with Crippen molar-refractivity contribution < 1.29 is 4.79 Å². The molecule has 0 atom stereocenters. The minimum absolute atomic E-state index is 0.104. The predicted molar refractivity (Wildman–Crippen MR) is 103 cm³/mol. The van der Waals surface area contributed by atoms with Gasteiger partial charge in [0.15, 0.2) is 0 Å². The molecule has 0 saturated carbocycles. The van der Waals surface area contributed by atoms with Crippen molar-refractivity contribution in [3.63, 3.8) is 0 Å². The molecule has 1 aromatic heterocycles. The van der Waals surface area contributed by atoms with Gasteiger partial charge in [-0.25, -0.2) is 4.98 Å². The number of benzene rings is 1. The first-order valence-corrected chi connectivity index (χ1v) is 9.49. The minimum atomic E-state index is -0.104. The van der Waals surface area contributed by atoms with Crippen LogP contribution in [-0.2, 0) is 11.2 Å². The molecule has 0 radical (unpaired) electrons. The first-order chi connectivity index (χ1) is 12.5. The first kappa shape index (κ1) is 18.6. The fourth-order valence-corrected chi connectivity index (χ4v) is 3.62. The second kappa shape index (κ2) is 8.49. The topological polar surface area (TPSA) is 66.1 Å². The number of aryl methyl sites for hydroxylation is 2. The predicted octanol–water partition coefficient (Wildman–Crippen LogP) is 3.46. The molecular weight excluding hydrogens is 350 g/mol. The van der Waals surface area contributed by atoms with E-state index in [2.05, 4.69) is 9.97 Å². The van der Waals surface area contributed by atoms with E-state index in [0.29, 0.717) is 12.2 Å². The number of rotatable bonds is 5. The summed E-state index contributed by atoms with van der Waals surface area (Å²) in [5, 5.41) is 0.734. The Kier molecular flexibility index (Phi) is 6.09. The number of H-pyrrole nitrogens is 1. The Hall–Kier alpha value is -2.14. The van der Waals surface area contributed by atoms with Crippen molar-refractivity contribution in [2.45, 2.75) is 44.9 Å². The van der Waals surface area contributed by atoms with Crippen LogP contribution in [0, 0.1) is 6.92 Å². The summed E-state index contributed by atoms with van der Waals surface area (Å²) in [6, 6.07) is 9.37. The van der Waals surface area contributed by atoms with Crippen molar-refractivity contribution in [2.24, 2.45) is 0 Å². The maximum Gasteiger partial charge on any atom is 0.251 e. The number of hydrogen-bond donors (Lipinski definition) is 1. The van der Waals surface area contributed by atoms with E-state index in [1.165, 1.54) is 5.56 Å². The lowest BCUT2D eigenvalue weighted by atomic mass is 9.93. The molecule has 1 aliphatic rings. The number of nitrogens with zero attached hydrogens (tertiary/aromatic N) is 2. The number of amides is 1. The molecule has 1 aliphatic heterocycles. The molecule has 0 spiro atoms. The van der Waals surface area contributed by atoms with Crippen LogP contribution in [0.4, 0.5) is 0 Å². The molecule has 1 amide bonds. The Morgan fingerprint density at radius 2 is 1.96 bits per heavy atom. The number of nitrogens with one attached hydrogen (secondary N) is 1.